The van der Waals surface area contributed by atoms with E-state index in [1.807, 2.05) is 48.7 Å². The van der Waals surface area contributed by atoms with E-state index in [1.54, 1.807) is 0 Å². The van der Waals surface area contributed by atoms with Crippen LogP contribution < -0.4 is 4.74 Å². The molecule has 4 heterocycles. The molecular formula is C43H29N5O. The van der Waals surface area contributed by atoms with E-state index in [-0.39, 0.29) is 0 Å². The van der Waals surface area contributed by atoms with Crippen molar-refractivity contribution in [3.05, 3.63) is 158 Å². The lowest BCUT2D eigenvalue weighted by atomic mass is 10.1. The summed E-state index contributed by atoms with van der Waals surface area (Å²) in [5.41, 5.74) is 8.67. The van der Waals surface area contributed by atoms with Crippen molar-refractivity contribution < 1.29 is 4.74 Å². The second-order valence-corrected chi connectivity index (χ2v) is 12.4. The van der Waals surface area contributed by atoms with Crippen molar-refractivity contribution in [2.75, 3.05) is 0 Å². The Morgan fingerprint density at radius 2 is 1.18 bits per heavy atom. The maximum absolute atomic E-state index is 6.57. The second kappa shape index (κ2) is 10.7. The maximum Gasteiger partial charge on any atom is 0.140 e. The average Bonchev–Trinajstić information content (AvgIpc) is 3.78. The van der Waals surface area contributed by atoms with Crippen LogP contribution in [0.2, 0.25) is 0 Å². The van der Waals surface area contributed by atoms with Gasteiger partial charge in [-0.15, -0.1) is 0 Å². The maximum atomic E-state index is 6.57. The minimum absolute atomic E-state index is 0.749. The van der Waals surface area contributed by atoms with Gasteiger partial charge in [-0.1, -0.05) is 66.7 Å². The summed E-state index contributed by atoms with van der Waals surface area (Å²) in [6.07, 6.45) is 1.85. The van der Waals surface area contributed by atoms with Crippen LogP contribution in [0.5, 0.6) is 11.5 Å². The van der Waals surface area contributed by atoms with Crippen LogP contribution in [-0.2, 0) is 7.05 Å². The van der Waals surface area contributed by atoms with E-state index in [0.717, 1.165) is 67.2 Å². The fraction of sp³-hybridized carbons (Fsp3) is 0.0233. The molecule has 10 rings (SSSR count). The quantitative estimate of drug-likeness (QED) is 0.190. The predicted octanol–water partition coefficient (Wildman–Crippen LogP) is 10.6. The van der Waals surface area contributed by atoms with Crippen molar-refractivity contribution in [3.8, 4) is 34.4 Å². The largest absolute Gasteiger partial charge is 0.457 e. The standard InChI is InChI=1S/C43H29N5O/c1-46-38-19-8-6-17-36(38)45-43(46)28-12-11-15-30(24-28)49-31-21-22-33-35-26-40-34(27-41(35)48(39(33)25-31)42-20-9-10-23-44-42)32-16-5-7-18-37(32)47(40)29-13-3-2-4-14-29/h2-27H,1H3. The Hall–Kier alpha value is -6.66. The Kier molecular flexibility index (Phi) is 5.99. The van der Waals surface area contributed by atoms with Crippen molar-refractivity contribution >= 4 is 54.6 Å². The summed E-state index contributed by atoms with van der Waals surface area (Å²) in [6, 6.07) is 52.6. The van der Waals surface area contributed by atoms with Crippen LogP contribution in [0.3, 0.4) is 0 Å². The Labute approximate surface area is 281 Å². The van der Waals surface area contributed by atoms with Gasteiger partial charge in [0.15, 0.2) is 0 Å². The summed E-state index contributed by atoms with van der Waals surface area (Å²) >= 11 is 0. The van der Waals surface area contributed by atoms with E-state index in [2.05, 4.69) is 130 Å². The molecule has 0 aliphatic rings. The third-order valence-corrected chi connectivity index (χ3v) is 9.54. The third kappa shape index (κ3) is 4.27. The van der Waals surface area contributed by atoms with Crippen LogP contribution in [-0.4, -0.2) is 23.7 Å². The van der Waals surface area contributed by atoms with E-state index in [1.165, 1.54) is 21.8 Å². The highest BCUT2D eigenvalue weighted by Gasteiger charge is 2.19. The first-order chi connectivity index (χ1) is 24.2. The monoisotopic (exact) mass is 631 g/mol. The van der Waals surface area contributed by atoms with Gasteiger partial charge >= 0.3 is 0 Å². The van der Waals surface area contributed by atoms with E-state index in [4.69, 9.17) is 14.7 Å². The molecule has 0 atom stereocenters. The van der Waals surface area contributed by atoms with Gasteiger partial charge in [-0.25, -0.2) is 9.97 Å². The third-order valence-electron chi connectivity index (χ3n) is 9.54. The number of hydrogen-bond acceptors (Lipinski definition) is 3. The van der Waals surface area contributed by atoms with Crippen LogP contribution in [0.25, 0.3) is 77.5 Å². The summed E-state index contributed by atoms with van der Waals surface area (Å²) in [4.78, 5) is 9.71. The van der Waals surface area contributed by atoms with Gasteiger partial charge in [0.2, 0.25) is 0 Å². The number of ether oxygens (including phenoxy) is 1. The molecule has 0 N–H and O–H groups in total. The lowest BCUT2D eigenvalue weighted by molar-refractivity contribution is 0.483. The molecule has 6 nitrogen and oxygen atoms in total. The first-order valence-corrected chi connectivity index (χ1v) is 16.4. The van der Waals surface area contributed by atoms with E-state index >= 15 is 0 Å². The van der Waals surface area contributed by atoms with Gasteiger partial charge < -0.3 is 13.9 Å². The number of hydrogen-bond donors (Lipinski definition) is 0. The first kappa shape index (κ1) is 27.5. The number of nitrogens with zero attached hydrogens (tertiary/aromatic N) is 5. The number of aromatic nitrogens is 5. The molecule has 4 aromatic heterocycles. The van der Waals surface area contributed by atoms with Crippen molar-refractivity contribution in [1.29, 1.82) is 0 Å². The molecule has 0 radical (unpaired) electrons. The highest BCUT2D eigenvalue weighted by molar-refractivity contribution is 6.19. The van der Waals surface area contributed by atoms with Gasteiger partial charge in [-0.3, -0.25) is 4.57 Å². The molecule has 0 amide bonds. The number of benzene rings is 6. The van der Waals surface area contributed by atoms with Gasteiger partial charge in [-0.2, -0.15) is 0 Å². The number of pyridine rings is 1. The lowest BCUT2D eigenvalue weighted by Gasteiger charge is -2.10. The molecule has 6 aromatic carbocycles. The van der Waals surface area contributed by atoms with E-state index < -0.39 is 0 Å². The fourth-order valence-corrected chi connectivity index (χ4v) is 7.35. The molecule has 10 aromatic rings. The van der Waals surface area contributed by atoms with Crippen LogP contribution in [0.1, 0.15) is 0 Å². The zero-order valence-corrected chi connectivity index (χ0v) is 26.7. The molecule has 0 aliphatic heterocycles. The summed E-state index contributed by atoms with van der Waals surface area (Å²) in [7, 11) is 2.05. The van der Waals surface area contributed by atoms with E-state index in [9.17, 15) is 0 Å². The molecule has 0 unspecified atom stereocenters. The molecule has 232 valence electrons. The van der Waals surface area contributed by atoms with Crippen LogP contribution in [0.15, 0.2) is 158 Å². The number of para-hydroxylation sites is 4. The minimum Gasteiger partial charge on any atom is -0.457 e. The van der Waals surface area contributed by atoms with Crippen molar-refractivity contribution in [1.82, 2.24) is 23.7 Å². The van der Waals surface area contributed by atoms with Crippen LogP contribution >= 0.6 is 0 Å². The number of imidazole rings is 1. The smallest absolute Gasteiger partial charge is 0.140 e. The average molecular weight is 632 g/mol. The highest BCUT2D eigenvalue weighted by atomic mass is 16.5. The normalized spacial score (nSPS) is 11.8. The van der Waals surface area contributed by atoms with Gasteiger partial charge in [0.1, 0.15) is 23.1 Å². The predicted molar refractivity (Wildman–Crippen MR) is 199 cm³/mol. The molecule has 0 fully saturated rings. The van der Waals surface area contributed by atoms with Gasteiger partial charge in [0, 0.05) is 52.1 Å². The van der Waals surface area contributed by atoms with Crippen molar-refractivity contribution in [2.45, 2.75) is 0 Å². The number of fused-ring (bicyclic) bond motifs is 7. The summed E-state index contributed by atoms with van der Waals surface area (Å²) in [5, 5.41) is 4.70. The Morgan fingerprint density at radius 1 is 0.490 bits per heavy atom. The molecule has 0 saturated carbocycles. The Balaban J connectivity index is 1.16. The molecule has 0 saturated heterocycles. The fourth-order valence-electron chi connectivity index (χ4n) is 7.35. The molecule has 49 heavy (non-hydrogen) atoms. The SMILES string of the molecule is Cn1c(-c2cccc(Oc3ccc4c5cc6c(cc5n(-c5ccccn5)c4c3)c3ccccc3n6-c3ccccc3)c2)nc2ccccc21. The van der Waals surface area contributed by atoms with Gasteiger partial charge in [-0.05, 0) is 78.9 Å². The molecular weight excluding hydrogens is 603 g/mol. The molecule has 0 bridgehead atoms. The zero-order chi connectivity index (χ0) is 32.5. The minimum atomic E-state index is 0.749. The summed E-state index contributed by atoms with van der Waals surface area (Å²) < 4.78 is 13.3. The van der Waals surface area contributed by atoms with Crippen molar-refractivity contribution in [2.24, 2.45) is 7.05 Å². The number of aryl methyl sites for hydroxylation is 1. The van der Waals surface area contributed by atoms with Crippen molar-refractivity contribution in [3.63, 3.8) is 0 Å². The van der Waals surface area contributed by atoms with E-state index in [0.29, 0.717) is 0 Å². The second-order valence-electron chi connectivity index (χ2n) is 12.4. The topological polar surface area (TPSA) is 49.8 Å². The van der Waals surface area contributed by atoms with Gasteiger partial charge in [0.05, 0.1) is 33.1 Å². The number of rotatable bonds is 5. The summed E-state index contributed by atoms with van der Waals surface area (Å²) in [6.45, 7) is 0. The lowest BCUT2D eigenvalue weighted by Crippen LogP contribution is -1.97. The van der Waals surface area contributed by atoms with Crippen LogP contribution in [0, 0.1) is 0 Å². The van der Waals surface area contributed by atoms with Crippen LogP contribution in [0.4, 0.5) is 0 Å². The summed E-state index contributed by atoms with van der Waals surface area (Å²) in [5.74, 6) is 3.25. The molecule has 6 heteroatoms. The molecule has 0 spiro atoms. The Morgan fingerprint density at radius 3 is 2.00 bits per heavy atom. The van der Waals surface area contributed by atoms with Gasteiger partial charge in [0.25, 0.3) is 0 Å². The molecule has 0 aliphatic carbocycles. The highest BCUT2D eigenvalue weighted by Crippen LogP contribution is 2.40. The zero-order valence-electron chi connectivity index (χ0n) is 26.7. The Bertz CT molecular complexity index is 2860. The first-order valence-electron chi connectivity index (χ1n) is 16.4.